The first-order chi connectivity index (χ1) is 15.7. The molecule has 4 rings (SSSR count). The molecule has 0 spiro atoms. The van der Waals surface area contributed by atoms with Crippen molar-refractivity contribution in [1.29, 1.82) is 0 Å². The Morgan fingerprint density at radius 2 is 1.85 bits per heavy atom. The van der Waals surface area contributed by atoms with Crippen LogP contribution >= 0.6 is 39.1 Å². The van der Waals surface area contributed by atoms with Crippen LogP contribution in [0.4, 0.5) is 10.1 Å². The molecule has 8 heteroatoms. The molecule has 1 aliphatic heterocycles. The van der Waals surface area contributed by atoms with Crippen molar-refractivity contribution in [3.63, 3.8) is 0 Å². The van der Waals surface area contributed by atoms with Crippen LogP contribution in [0.3, 0.4) is 0 Å². The van der Waals surface area contributed by atoms with Gasteiger partial charge in [0, 0.05) is 16.1 Å². The van der Waals surface area contributed by atoms with Crippen molar-refractivity contribution in [1.82, 2.24) is 0 Å². The van der Waals surface area contributed by atoms with E-state index in [9.17, 15) is 14.3 Å². The predicted octanol–water partition coefficient (Wildman–Crippen LogP) is 7.64. The van der Waals surface area contributed by atoms with Crippen molar-refractivity contribution < 1.29 is 19.0 Å². The lowest BCUT2D eigenvalue weighted by atomic mass is 10.0. The van der Waals surface area contributed by atoms with Crippen LogP contribution in [0, 0.1) is 5.82 Å². The van der Waals surface area contributed by atoms with Crippen LogP contribution in [-0.2, 0) is 6.61 Å². The number of hydrogen-bond donors (Lipinski definition) is 1. The second-order valence-electron chi connectivity index (χ2n) is 7.70. The molecule has 0 aliphatic carbocycles. The first-order valence-electron chi connectivity index (χ1n) is 10.0. The van der Waals surface area contributed by atoms with Gasteiger partial charge in [-0.25, -0.2) is 9.18 Å². The molecule has 0 saturated carbocycles. The monoisotopic (exact) mass is 549 g/mol. The fourth-order valence-electron chi connectivity index (χ4n) is 3.88. The summed E-state index contributed by atoms with van der Waals surface area (Å²) in [6.07, 6.45) is 3.96. The van der Waals surface area contributed by atoms with Crippen molar-refractivity contribution in [2.75, 3.05) is 4.90 Å². The lowest BCUT2D eigenvalue weighted by Gasteiger charge is -2.38. The van der Waals surface area contributed by atoms with E-state index >= 15 is 0 Å². The molecule has 3 aromatic rings. The third-order valence-corrected chi connectivity index (χ3v) is 6.72. The molecule has 1 heterocycles. The molecule has 0 fully saturated rings. The Labute approximate surface area is 209 Å². The summed E-state index contributed by atoms with van der Waals surface area (Å²) in [5.41, 5.74) is 2.05. The van der Waals surface area contributed by atoms with Gasteiger partial charge < -0.3 is 14.7 Å². The van der Waals surface area contributed by atoms with Gasteiger partial charge >= 0.3 is 5.97 Å². The maximum atomic E-state index is 13.9. The van der Waals surface area contributed by atoms with Gasteiger partial charge in [0.25, 0.3) is 0 Å². The summed E-state index contributed by atoms with van der Waals surface area (Å²) in [7, 11) is 0. The number of alkyl halides is 1. The number of para-hydroxylation sites is 2. The molecule has 0 aromatic heterocycles. The van der Waals surface area contributed by atoms with Crippen LogP contribution in [0.25, 0.3) is 0 Å². The number of halogens is 4. The Kier molecular flexibility index (Phi) is 6.71. The zero-order valence-corrected chi connectivity index (χ0v) is 20.5. The highest BCUT2D eigenvalue weighted by molar-refractivity contribution is 9.10. The van der Waals surface area contributed by atoms with Gasteiger partial charge in [0.15, 0.2) is 0 Å². The number of carboxylic acid groups (broad SMARTS) is 1. The molecule has 1 N–H and O–H groups in total. The van der Waals surface area contributed by atoms with Crippen molar-refractivity contribution in [3.05, 3.63) is 105 Å². The third-order valence-electron chi connectivity index (χ3n) is 5.44. The summed E-state index contributed by atoms with van der Waals surface area (Å²) in [5.74, 6) is -1.01. The minimum atomic E-state index is -1.01. The summed E-state index contributed by atoms with van der Waals surface area (Å²) >= 11 is 15.7. The molecule has 3 aromatic carbocycles. The Morgan fingerprint density at radius 3 is 2.61 bits per heavy atom. The SMILES string of the molecule is CC1(Br)C=CC(c2ccccc2OCc2cc(F)c(Cl)cc2Cl)N1c1ccccc1C(=O)O. The lowest BCUT2D eigenvalue weighted by molar-refractivity contribution is 0.0697. The van der Waals surface area contributed by atoms with E-state index in [1.807, 2.05) is 48.2 Å². The maximum absolute atomic E-state index is 13.9. The summed E-state index contributed by atoms with van der Waals surface area (Å²) in [6.45, 7) is 1.99. The Bertz CT molecular complexity index is 1250. The average Bonchev–Trinajstić information content (AvgIpc) is 3.10. The number of nitrogens with zero attached hydrogens (tertiary/aromatic N) is 1. The number of benzene rings is 3. The second kappa shape index (κ2) is 9.37. The molecule has 0 amide bonds. The highest BCUT2D eigenvalue weighted by Crippen LogP contribution is 2.47. The van der Waals surface area contributed by atoms with E-state index < -0.39 is 16.2 Å². The first kappa shape index (κ1) is 23.6. The van der Waals surface area contributed by atoms with E-state index in [-0.39, 0.29) is 23.2 Å². The normalized spacial score (nSPS) is 19.7. The Morgan fingerprint density at radius 1 is 1.15 bits per heavy atom. The van der Waals surface area contributed by atoms with E-state index in [1.54, 1.807) is 24.3 Å². The highest BCUT2D eigenvalue weighted by Gasteiger charge is 2.40. The van der Waals surface area contributed by atoms with E-state index in [4.69, 9.17) is 27.9 Å². The minimum absolute atomic E-state index is 0.0393. The van der Waals surface area contributed by atoms with Gasteiger partial charge in [0.05, 0.1) is 22.3 Å². The molecule has 1 aliphatic rings. The van der Waals surface area contributed by atoms with Gasteiger partial charge in [-0.3, -0.25) is 0 Å². The number of carbonyl (C=O) groups is 1. The predicted molar refractivity (Wildman–Crippen MR) is 132 cm³/mol. The lowest BCUT2D eigenvalue weighted by Crippen LogP contribution is -2.39. The quantitative estimate of drug-likeness (QED) is 0.148. The van der Waals surface area contributed by atoms with Gasteiger partial charge in [0.1, 0.15) is 22.6 Å². The zero-order chi connectivity index (χ0) is 23.8. The molecule has 0 bridgehead atoms. The Hall–Kier alpha value is -2.54. The summed E-state index contributed by atoms with van der Waals surface area (Å²) in [4.78, 5) is 13.9. The number of anilines is 1. The molecule has 2 unspecified atom stereocenters. The molecule has 170 valence electrons. The fraction of sp³-hybridized carbons (Fsp3) is 0.160. The van der Waals surface area contributed by atoms with Crippen LogP contribution < -0.4 is 9.64 Å². The molecule has 2 atom stereocenters. The van der Waals surface area contributed by atoms with Crippen molar-refractivity contribution in [2.45, 2.75) is 24.0 Å². The average molecular weight is 551 g/mol. The van der Waals surface area contributed by atoms with Crippen LogP contribution in [0.1, 0.15) is 34.5 Å². The van der Waals surface area contributed by atoms with Crippen molar-refractivity contribution in [3.8, 4) is 5.75 Å². The van der Waals surface area contributed by atoms with Gasteiger partial charge in [0.2, 0.25) is 0 Å². The van der Waals surface area contributed by atoms with Crippen LogP contribution in [0.2, 0.25) is 10.0 Å². The number of carboxylic acids is 1. The molecular formula is C25H19BrCl2FNO3. The molecule has 33 heavy (non-hydrogen) atoms. The van der Waals surface area contributed by atoms with E-state index in [1.165, 1.54) is 12.1 Å². The largest absolute Gasteiger partial charge is 0.488 e. The van der Waals surface area contributed by atoms with E-state index in [0.717, 1.165) is 5.56 Å². The van der Waals surface area contributed by atoms with Crippen molar-refractivity contribution >= 4 is 50.8 Å². The van der Waals surface area contributed by atoms with Crippen LogP contribution in [-0.4, -0.2) is 15.5 Å². The number of rotatable bonds is 6. The third kappa shape index (κ3) is 4.74. The molecule has 0 radical (unpaired) electrons. The second-order valence-corrected chi connectivity index (χ2v) is 10.1. The number of hydrogen-bond acceptors (Lipinski definition) is 3. The van der Waals surface area contributed by atoms with Gasteiger partial charge in [-0.05, 0) is 37.3 Å². The van der Waals surface area contributed by atoms with E-state index in [2.05, 4.69) is 15.9 Å². The van der Waals surface area contributed by atoms with Crippen molar-refractivity contribution in [2.24, 2.45) is 0 Å². The molecular weight excluding hydrogens is 532 g/mol. The maximum Gasteiger partial charge on any atom is 0.337 e. The summed E-state index contributed by atoms with van der Waals surface area (Å²) < 4.78 is 19.4. The van der Waals surface area contributed by atoms with E-state index in [0.29, 0.717) is 22.0 Å². The number of ether oxygens (including phenoxy) is 1. The zero-order valence-electron chi connectivity index (χ0n) is 17.4. The summed E-state index contributed by atoms with van der Waals surface area (Å²) in [6, 6.07) is 16.6. The highest BCUT2D eigenvalue weighted by atomic mass is 79.9. The van der Waals surface area contributed by atoms with Gasteiger partial charge in [-0.2, -0.15) is 0 Å². The summed E-state index contributed by atoms with van der Waals surface area (Å²) in [5, 5.41) is 10.0. The van der Waals surface area contributed by atoms with Crippen LogP contribution in [0.5, 0.6) is 5.75 Å². The van der Waals surface area contributed by atoms with Crippen LogP contribution in [0.15, 0.2) is 72.8 Å². The smallest absolute Gasteiger partial charge is 0.337 e. The topological polar surface area (TPSA) is 49.8 Å². The number of aromatic carboxylic acids is 1. The fourth-order valence-corrected chi connectivity index (χ4v) is 4.89. The van der Waals surface area contributed by atoms with Gasteiger partial charge in [-0.15, -0.1) is 0 Å². The van der Waals surface area contributed by atoms with Gasteiger partial charge in [-0.1, -0.05) is 81.6 Å². The minimum Gasteiger partial charge on any atom is -0.488 e. The first-order valence-corrected chi connectivity index (χ1v) is 11.6. The molecule has 4 nitrogen and oxygen atoms in total. The Balaban J connectivity index is 1.70. The standard InChI is InChI=1S/C25H19BrCl2FNO3/c1-25(26)11-10-22(30(25)21-8-4-2-7-17(21)24(31)32)16-6-3-5-9-23(16)33-14-15-12-20(29)19(28)13-18(15)27/h2-13,22H,14H2,1H3,(H,31,32). The molecule has 0 saturated heterocycles.